The average molecular weight is 378 g/mol. The van der Waals surface area contributed by atoms with Crippen molar-refractivity contribution in [2.75, 3.05) is 0 Å². The van der Waals surface area contributed by atoms with Crippen molar-refractivity contribution in [3.63, 3.8) is 0 Å². The summed E-state index contributed by atoms with van der Waals surface area (Å²) in [6, 6.07) is 2.96. The van der Waals surface area contributed by atoms with E-state index in [1.807, 2.05) is 13.8 Å². The number of hydrogen-bond acceptors (Lipinski definition) is 6. The maximum atomic E-state index is 12.9. The molecule has 1 rings (SSSR count). The molecule has 152 valence electrons. The maximum Gasteiger partial charge on any atom is 0.222 e. The summed E-state index contributed by atoms with van der Waals surface area (Å²) >= 11 is 0. The van der Waals surface area contributed by atoms with Crippen LogP contribution in [-0.2, 0) is 9.59 Å². The van der Waals surface area contributed by atoms with Crippen molar-refractivity contribution in [3.8, 4) is 0 Å². The highest BCUT2D eigenvalue weighted by Gasteiger charge is 2.31. The number of pyridine rings is 1. The highest BCUT2D eigenvalue weighted by molar-refractivity contribution is 5.93. The van der Waals surface area contributed by atoms with E-state index in [9.17, 15) is 9.59 Å². The molecule has 0 spiro atoms. The van der Waals surface area contributed by atoms with Crippen LogP contribution < -0.4 is 22.5 Å². The first-order valence-electron chi connectivity index (χ1n) is 9.68. The monoisotopic (exact) mass is 377 g/mol. The van der Waals surface area contributed by atoms with E-state index in [1.54, 1.807) is 24.4 Å². The number of hydrogen-bond donors (Lipinski definition) is 4. The number of carbonyl (C=O) groups is 2. The fraction of sp³-hybridized carbons (Fsp3) is 0.650. The quantitative estimate of drug-likeness (QED) is 0.458. The number of amides is 1. The van der Waals surface area contributed by atoms with E-state index in [0.717, 1.165) is 12.8 Å². The third-order valence-corrected chi connectivity index (χ3v) is 4.86. The van der Waals surface area contributed by atoms with Crippen LogP contribution in [-0.4, -0.2) is 34.8 Å². The van der Waals surface area contributed by atoms with Gasteiger partial charge in [-0.15, -0.1) is 0 Å². The van der Waals surface area contributed by atoms with Crippen LogP contribution >= 0.6 is 0 Å². The Labute approximate surface area is 162 Å². The Morgan fingerprint density at radius 2 is 1.78 bits per heavy atom. The zero-order valence-corrected chi connectivity index (χ0v) is 16.9. The van der Waals surface area contributed by atoms with Crippen molar-refractivity contribution in [3.05, 3.63) is 30.1 Å². The minimum absolute atomic E-state index is 0.0585. The van der Waals surface area contributed by atoms with Crippen molar-refractivity contribution in [1.82, 2.24) is 10.3 Å². The highest BCUT2D eigenvalue weighted by Crippen LogP contribution is 2.17. The van der Waals surface area contributed by atoms with Crippen molar-refractivity contribution in [1.29, 1.82) is 0 Å². The second-order valence-electron chi connectivity index (χ2n) is 7.73. The Morgan fingerprint density at radius 3 is 2.30 bits per heavy atom. The van der Waals surface area contributed by atoms with Crippen molar-refractivity contribution < 1.29 is 9.59 Å². The summed E-state index contributed by atoms with van der Waals surface area (Å²) in [5, 5.41) is 2.83. The Balaban J connectivity index is 2.79. The molecule has 2 unspecified atom stereocenters. The minimum Gasteiger partial charge on any atom is -0.346 e. The first-order chi connectivity index (χ1) is 12.7. The lowest BCUT2D eigenvalue weighted by atomic mass is 9.90. The van der Waals surface area contributed by atoms with Crippen LogP contribution in [0.1, 0.15) is 58.7 Å². The summed E-state index contributed by atoms with van der Waals surface area (Å²) in [4.78, 5) is 29.5. The first-order valence-corrected chi connectivity index (χ1v) is 9.68. The highest BCUT2D eigenvalue weighted by atomic mass is 16.2. The number of aromatic nitrogens is 1. The topological polar surface area (TPSA) is 137 Å². The molecule has 1 heterocycles. The van der Waals surface area contributed by atoms with Gasteiger partial charge in [0, 0.05) is 24.7 Å². The van der Waals surface area contributed by atoms with Crippen LogP contribution in [0.3, 0.4) is 0 Å². The fourth-order valence-corrected chi connectivity index (χ4v) is 2.95. The number of nitrogens with zero attached hydrogens (tertiary/aromatic N) is 1. The largest absolute Gasteiger partial charge is 0.346 e. The minimum atomic E-state index is -0.887. The van der Waals surface area contributed by atoms with E-state index in [2.05, 4.69) is 24.1 Å². The summed E-state index contributed by atoms with van der Waals surface area (Å²) < 4.78 is 0. The van der Waals surface area contributed by atoms with E-state index < -0.39 is 18.1 Å². The fourth-order valence-electron chi connectivity index (χ4n) is 2.95. The third-order valence-electron chi connectivity index (χ3n) is 4.86. The van der Waals surface area contributed by atoms with Gasteiger partial charge < -0.3 is 22.5 Å². The summed E-state index contributed by atoms with van der Waals surface area (Å²) in [6.45, 7) is 8.00. The van der Waals surface area contributed by atoms with Crippen LogP contribution in [0.15, 0.2) is 24.4 Å². The molecule has 1 aromatic heterocycles. The number of Topliss-reactive ketones (excluding diaryl/α,β-unsaturated/α-hetero) is 1. The summed E-state index contributed by atoms with van der Waals surface area (Å²) in [5.74, 6) is -0.193. The molecule has 1 amide bonds. The smallest absolute Gasteiger partial charge is 0.222 e. The molecule has 0 aromatic carbocycles. The average Bonchev–Trinajstić information content (AvgIpc) is 2.64. The molecular weight excluding hydrogens is 342 g/mol. The maximum absolute atomic E-state index is 12.9. The van der Waals surface area contributed by atoms with E-state index >= 15 is 0 Å². The lowest BCUT2D eigenvalue weighted by Gasteiger charge is -2.27. The van der Waals surface area contributed by atoms with Gasteiger partial charge >= 0.3 is 0 Å². The van der Waals surface area contributed by atoms with Crippen LogP contribution in [0.25, 0.3) is 0 Å². The lowest BCUT2D eigenvalue weighted by Crippen LogP contribution is -2.51. The van der Waals surface area contributed by atoms with Crippen LogP contribution in [0, 0.1) is 11.8 Å². The first kappa shape index (κ1) is 23.2. The predicted molar refractivity (Wildman–Crippen MR) is 108 cm³/mol. The number of nitrogens with two attached hydrogens (primary N) is 3. The number of rotatable bonds is 11. The molecule has 5 atom stereocenters. The number of carbonyl (C=O) groups excluding carboxylic acids is 2. The van der Waals surface area contributed by atoms with Gasteiger partial charge in [-0.3, -0.25) is 14.6 Å². The second kappa shape index (κ2) is 11.1. The zero-order chi connectivity index (χ0) is 20.6. The van der Waals surface area contributed by atoms with Crippen LogP contribution in [0.4, 0.5) is 0 Å². The van der Waals surface area contributed by atoms with Gasteiger partial charge in [-0.25, -0.2) is 0 Å². The zero-order valence-electron chi connectivity index (χ0n) is 16.9. The van der Waals surface area contributed by atoms with Crippen LogP contribution in [0.2, 0.25) is 0 Å². The standard InChI is InChI=1S/C20H35N5O2/c1-5-13(4)19(20(27)18(23)16-8-6-7-9-24-16)25-17(26)11-15(22)14(21)10-12(2)3/h6-9,12-15,18-19H,5,10-11,21-23H2,1-4H3,(H,25,26)/t13?,14-,15-,18?,19-/m0/s1. The van der Waals surface area contributed by atoms with Gasteiger partial charge in [0.2, 0.25) is 5.91 Å². The molecule has 0 saturated carbocycles. The summed E-state index contributed by atoms with van der Waals surface area (Å²) in [7, 11) is 0. The SMILES string of the molecule is CCC(C)[C@H](NC(=O)C[C@H](N)[C@@H](N)CC(C)C)C(=O)C(N)c1ccccn1. The number of nitrogens with one attached hydrogen (secondary N) is 1. The van der Waals surface area contributed by atoms with Gasteiger partial charge in [0.05, 0.1) is 11.7 Å². The predicted octanol–water partition coefficient (Wildman–Crippen LogP) is 1.27. The Hall–Kier alpha value is -1.83. The summed E-state index contributed by atoms with van der Waals surface area (Å²) in [5.41, 5.74) is 18.7. The molecular formula is C20H35N5O2. The molecule has 0 aliphatic rings. The molecule has 0 radical (unpaired) electrons. The van der Waals surface area contributed by atoms with Gasteiger partial charge in [0.1, 0.15) is 6.04 Å². The van der Waals surface area contributed by atoms with Crippen molar-refractivity contribution in [2.24, 2.45) is 29.0 Å². The molecule has 27 heavy (non-hydrogen) atoms. The molecule has 7 nitrogen and oxygen atoms in total. The van der Waals surface area contributed by atoms with Crippen LogP contribution in [0.5, 0.6) is 0 Å². The van der Waals surface area contributed by atoms with E-state index in [0.29, 0.717) is 11.6 Å². The molecule has 0 saturated heterocycles. The molecule has 0 aliphatic carbocycles. The van der Waals surface area contributed by atoms with Gasteiger partial charge in [-0.2, -0.15) is 0 Å². The third kappa shape index (κ3) is 7.36. The summed E-state index contributed by atoms with van der Waals surface area (Å²) in [6.07, 6.45) is 3.14. The van der Waals surface area contributed by atoms with Gasteiger partial charge in [-0.05, 0) is 30.4 Å². The molecule has 0 bridgehead atoms. The van der Waals surface area contributed by atoms with Gasteiger partial charge in [0.25, 0.3) is 0 Å². The molecule has 1 aromatic rings. The Bertz CT molecular complexity index is 593. The molecule has 0 fully saturated rings. The van der Waals surface area contributed by atoms with Gasteiger partial charge in [0.15, 0.2) is 5.78 Å². The normalized spacial score (nSPS) is 17.0. The Morgan fingerprint density at radius 1 is 1.11 bits per heavy atom. The molecule has 0 aliphatic heterocycles. The second-order valence-corrected chi connectivity index (χ2v) is 7.73. The Kier molecular flexibility index (Phi) is 9.55. The van der Waals surface area contributed by atoms with E-state index in [4.69, 9.17) is 17.2 Å². The molecule has 7 heteroatoms. The van der Waals surface area contributed by atoms with E-state index in [1.165, 1.54) is 0 Å². The molecule has 7 N–H and O–H groups in total. The van der Waals surface area contributed by atoms with Gasteiger partial charge in [-0.1, -0.05) is 40.2 Å². The van der Waals surface area contributed by atoms with Crippen molar-refractivity contribution >= 4 is 11.7 Å². The van der Waals surface area contributed by atoms with E-state index in [-0.39, 0.29) is 30.1 Å². The lowest BCUT2D eigenvalue weighted by molar-refractivity contribution is -0.130. The van der Waals surface area contributed by atoms with Crippen molar-refractivity contribution in [2.45, 2.75) is 71.1 Å². The number of ketones is 1.